The van der Waals surface area contributed by atoms with Crippen molar-refractivity contribution in [3.8, 4) is 5.75 Å². The molecule has 0 spiro atoms. The van der Waals surface area contributed by atoms with Gasteiger partial charge in [-0.25, -0.2) is 5.43 Å². The Bertz CT molecular complexity index is 524. The molecule has 0 aliphatic rings. The molecule has 19 heavy (non-hydrogen) atoms. The zero-order valence-corrected chi connectivity index (χ0v) is 9.83. The molecule has 2 aromatic rings. The number of nitrogens with two attached hydrogens (primary N) is 1. The van der Waals surface area contributed by atoms with Crippen LogP contribution in [0.1, 0.15) is 17.3 Å². The lowest BCUT2D eigenvalue weighted by Crippen LogP contribution is -2.29. The molecule has 1 heterocycles. The third kappa shape index (κ3) is 3.43. The molecule has 1 aromatic carbocycles. The zero-order chi connectivity index (χ0) is 13.7. The molecular formula is C12H12F2N4O. The first-order chi connectivity index (χ1) is 9.20. The highest BCUT2D eigenvalue weighted by molar-refractivity contribution is 5.34. The number of nitrogens with zero attached hydrogens (tertiary/aromatic N) is 2. The third-order valence-corrected chi connectivity index (χ3v) is 2.46. The topological polar surface area (TPSA) is 73.1 Å². The van der Waals surface area contributed by atoms with E-state index in [1.807, 2.05) is 0 Å². The van der Waals surface area contributed by atoms with Crippen molar-refractivity contribution in [3.63, 3.8) is 0 Å². The van der Waals surface area contributed by atoms with Crippen molar-refractivity contribution >= 4 is 0 Å². The number of benzene rings is 1. The van der Waals surface area contributed by atoms with Crippen molar-refractivity contribution in [2.24, 2.45) is 5.84 Å². The van der Waals surface area contributed by atoms with Gasteiger partial charge < -0.3 is 4.74 Å². The highest BCUT2D eigenvalue weighted by Crippen LogP contribution is 2.23. The van der Waals surface area contributed by atoms with Gasteiger partial charge in [0.25, 0.3) is 0 Å². The maximum Gasteiger partial charge on any atom is 0.387 e. The van der Waals surface area contributed by atoms with Crippen LogP contribution in [-0.2, 0) is 0 Å². The fourth-order valence-electron chi connectivity index (χ4n) is 1.68. The van der Waals surface area contributed by atoms with E-state index >= 15 is 0 Å². The molecule has 0 fully saturated rings. The van der Waals surface area contributed by atoms with Gasteiger partial charge in [0.1, 0.15) is 5.75 Å². The van der Waals surface area contributed by atoms with Gasteiger partial charge in [0.15, 0.2) is 0 Å². The Labute approximate surface area is 108 Å². The van der Waals surface area contributed by atoms with Gasteiger partial charge in [0.05, 0.1) is 17.9 Å². The lowest BCUT2D eigenvalue weighted by atomic mass is 10.0. The van der Waals surface area contributed by atoms with Gasteiger partial charge in [0.2, 0.25) is 0 Å². The van der Waals surface area contributed by atoms with Crippen molar-refractivity contribution in [3.05, 3.63) is 54.1 Å². The second kappa shape index (κ2) is 6.17. The van der Waals surface area contributed by atoms with Crippen LogP contribution in [0, 0.1) is 0 Å². The Morgan fingerprint density at radius 1 is 1.26 bits per heavy atom. The van der Waals surface area contributed by atoms with Crippen molar-refractivity contribution in [1.29, 1.82) is 0 Å². The predicted molar refractivity (Wildman–Crippen MR) is 64.3 cm³/mol. The van der Waals surface area contributed by atoms with Crippen LogP contribution in [0.3, 0.4) is 0 Å². The average Bonchev–Trinajstić information content (AvgIpc) is 2.40. The fourth-order valence-corrected chi connectivity index (χ4v) is 1.68. The van der Waals surface area contributed by atoms with Gasteiger partial charge in [0, 0.05) is 12.4 Å². The van der Waals surface area contributed by atoms with E-state index in [9.17, 15) is 8.78 Å². The normalized spacial score (nSPS) is 12.4. The highest BCUT2D eigenvalue weighted by atomic mass is 19.3. The van der Waals surface area contributed by atoms with Crippen LogP contribution in [0.4, 0.5) is 8.78 Å². The van der Waals surface area contributed by atoms with E-state index in [4.69, 9.17) is 5.84 Å². The third-order valence-electron chi connectivity index (χ3n) is 2.46. The molecule has 5 nitrogen and oxygen atoms in total. The van der Waals surface area contributed by atoms with Gasteiger partial charge in [-0.05, 0) is 17.7 Å². The molecule has 3 N–H and O–H groups in total. The van der Waals surface area contributed by atoms with Crippen LogP contribution < -0.4 is 16.0 Å². The van der Waals surface area contributed by atoms with E-state index in [1.54, 1.807) is 18.3 Å². The average molecular weight is 266 g/mol. The Morgan fingerprint density at radius 3 is 2.74 bits per heavy atom. The van der Waals surface area contributed by atoms with Gasteiger partial charge in [-0.3, -0.25) is 15.8 Å². The number of hydrogen-bond donors (Lipinski definition) is 2. The molecule has 1 atom stereocenters. The smallest absolute Gasteiger partial charge is 0.387 e. The van der Waals surface area contributed by atoms with Gasteiger partial charge in [-0.15, -0.1) is 0 Å². The minimum Gasteiger partial charge on any atom is -0.435 e. The number of rotatable bonds is 5. The highest BCUT2D eigenvalue weighted by Gasteiger charge is 2.15. The van der Waals surface area contributed by atoms with Crippen molar-refractivity contribution in [2.75, 3.05) is 0 Å². The molecule has 0 radical (unpaired) electrons. The first-order valence-electron chi connectivity index (χ1n) is 5.47. The van der Waals surface area contributed by atoms with Crippen molar-refractivity contribution < 1.29 is 13.5 Å². The van der Waals surface area contributed by atoms with Crippen molar-refractivity contribution in [2.45, 2.75) is 12.7 Å². The van der Waals surface area contributed by atoms with E-state index in [2.05, 4.69) is 20.1 Å². The van der Waals surface area contributed by atoms with E-state index < -0.39 is 12.7 Å². The van der Waals surface area contributed by atoms with E-state index in [0.29, 0.717) is 11.3 Å². The quantitative estimate of drug-likeness (QED) is 0.635. The predicted octanol–water partition coefficient (Wildman–Crippen LogP) is 1.63. The van der Waals surface area contributed by atoms with Gasteiger partial charge in [-0.1, -0.05) is 12.1 Å². The van der Waals surface area contributed by atoms with Crippen molar-refractivity contribution in [1.82, 2.24) is 15.4 Å². The summed E-state index contributed by atoms with van der Waals surface area (Å²) in [5.41, 5.74) is 3.81. The fraction of sp³-hybridized carbons (Fsp3) is 0.167. The van der Waals surface area contributed by atoms with Crippen LogP contribution in [0.2, 0.25) is 0 Å². The monoisotopic (exact) mass is 266 g/mol. The second-order valence-electron chi connectivity index (χ2n) is 3.68. The van der Waals surface area contributed by atoms with E-state index in [1.165, 1.54) is 24.5 Å². The molecule has 1 unspecified atom stereocenters. The summed E-state index contributed by atoms with van der Waals surface area (Å²) in [6.45, 7) is -2.86. The summed E-state index contributed by atoms with van der Waals surface area (Å²) in [6.07, 6.45) is 4.61. The summed E-state index contributed by atoms with van der Waals surface area (Å²) in [7, 11) is 0. The molecule has 1 aromatic heterocycles. The molecule has 0 saturated carbocycles. The number of aromatic nitrogens is 2. The molecule has 0 aliphatic heterocycles. The van der Waals surface area contributed by atoms with E-state index in [0.717, 1.165) is 0 Å². The summed E-state index contributed by atoms with van der Waals surface area (Å²) in [5.74, 6) is 5.55. The molecule has 0 bridgehead atoms. The zero-order valence-electron chi connectivity index (χ0n) is 9.83. The number of alkyl halides is 2. The first kappa shape index (κ1) is 13.3. The molecule has 2 rings (SSSR count). The molecule has 100 valence electrons. The SMILES string of the molecule is NNC(c1cccc(OC(F)F)c1)c1cnccn1. The summed E-state index contributed by atoms with van der Waals surface area (Å²) in [6, 6.07) is 5.81. The number of hydrogen-bond acceptors (Lipinski definition) is 5. The molecule has 0 amide bonds. The van der Waals surface area contributed by atoms with Crippen LogP contribution in [0.15, 0.2) is 42.9 Å². The summed E-state index contributed by atoms with van der Waals surface area (Å²) >= 11 is 0. The molecule has 0 saturated heterocycles. The van der Waals surface area contributed by atoms with Crippen LogP contribution in [0.25, 0.3) is 0 Å². The summed E-state index contributed by atoms with van der Waals surface area (Å²) in [5, 5.41) is 0. The maximum atomic E-state index is 12.2. The Morgan fingerprint density at radius 2 is 2.11 bits per heavy atom. The lowest BCUT2D eigenvalue weighted by Gasteiger charge is -2.16. The first-order valence-corrected chi connectivity index (χ1v) is 5.47. The Kier molecular flexibility index (Phi) is 4.32. The van der Waals surface area contributed by atoms with Crippen LogP contribution in [-0.4, -0.2) is 16.6 Å². The minimum absolute atomic E-state index is 0.0663. The Hall–Kier alpha value is -2.12. The van der Waals surface area contributed by atoms with Gasteiger partial charge >= 0.3 is 6.61 Å². The van der Waals surface area contributed by atoms with Gasteiger partial charge in [-0.2, -0.15) is 8.78 Å². The number of nitrogens with one attached hydrogen (secondary N) is 1. The Balaban J connectivity index is 2.28. The minimum atomic E-state index is -2.86. The molecule has 0 aliphatic carbocycles. The second-order valence-corrected chi connectivity index (χ2v) is 3.68. The van der Waals surface area contributed by atoms with E-state index in [-0.39, 0.29) is 5.75 Å². The van der Waals surface area contributed by atoms with Crippen LogP contribution >= 0.6 is 0 Å². The standard InChI is InChI=1S/C12H12F2N4O/c13-12(14)19-9-3-1-2-8(6-9)11(18-15)10-7-16-4-5-17-10/h1-7,11-12,18H,15H2. The molecular weight excluding hydrogens is 254 g/mol. The maximum absolute atomic E-state index is 12.2. The number of halogens is 2. The number of ether oxygens (including phenoxy) is 1. The summed E-state index contributed by atoms with van der Waals surface area (Å²) < 4.78 is 28.7. The largest absolute Gasteiger partial charge is 0.435 e. The molecule has 7 heteroatoms. The summed E-state index contributed by atoms with van der Waals surface area (Å²) in [4.78, 5) is 8.06. The van der Waals surface area contributed by atoms with Crippen LogP contribution in [0.5, 0.6) is 5.75 Å². The number of hydrazine groups is 1. The lowest BCUT2D eigenvalue weighted by molar-refractivity contribution is -0.0498.